The summed E-state index contributed by atoms with van der Waals surface area (Å²) in [5.74, 6) is 0.674. The van der Waals surface area contributed by atoms with Crippen LogP contribution in [0.3, 0.4) is 0 Å². The Morgan fingerprint density at radius 1 is 1.35 bits per heavy atom. The predicted molar refractivity (Wildman–Crippen MR) is 76.0 cm³/mol. The van der Waals surface area contributed by atoms with Crippen LogP contribution in [0, 0.1) is 0 Å². The number of hydrogen-bond acceptors (Lipinski definition) is 3. The molecule has 1 aliphatic rings. The molecular formula is C15H13ClN2O2. The molecule has 0 fully saturated rings. The summed E-state index contributed by atoms with van der Waals surface area (Å²) in [4.78, 5) is 16.1. The van der Waals surface area contributed by atoms with Crippen LogP contribution in [0.15, 0.2) is 42.6 Å². The van der Waals surface area contributed by atoms with E-state index in [1.807, 2.05) is 24.3 Å². The van der Waals surface area contributed by atoms with Gasteiger partial charge >= 0.3 is 0 Å². The number of rotatable bonds is 2. The minimum absolute atomic E-state index is 0.0422. The molecule has 0 aliphatic carbocycles. The van der Waals surface area contributed by atoms with Gasteiger partial charge in [-0.1, -0.05) is 29.8 Å². The third-order valence-corrected chi connectivity index (χ3v) is 3.46. The molecule has 0 bridgehead atoms. The lowest BCUT2D eigenvalue weighted by molar-refractivity contribution is 0.0924. The zero-order chi connectivity index (χ0) is 13.9. The van der Waals surface area contributed by atoms with Gasteiger partial charge in [-0.3, -0.25) is 4.79 Å². The molecule has 0 spiro atoms. The standard InChI is InChI=1S/C15H13ClN2O2/c16-14-9-10(5-7-17-14)15(19)18-12-6-8-20-13-4-2-1-3-11(12)13/h1-5,7,9,12H,6,8H2,(H,18,19)/t12-/m0/s1. The summed E-state index contributed by atoms with van der Waals surface area (Å²) in [7, 11) is 0. The fourth-order valence-corrected chi connectivity index (χ4v) is 2.45. The number of aromatic nitrogens is 1. The molecule has 2 aromatic rings. The maximum atomic E-state index is 12.2. The number of fused-ring (bicyclic) bond motifs is 1. The van der Waals surface area contributed by atoms with Gasteiger partial charge in [0.2, 0.25) is 0 Å². The smallest absolute Gasteiger partial charge is 0.251 e. The first-order valence-electron chi connectivity index (χ1n) is 6.38. The summed E-state index contributed by atoms with van der Waals surface area (Å²) in [6, 6.07) is 10.9. The SMILES string of the molecule is O=C(N[C@H]1CCOc2ccccc21)c1ccnc(Cl)c1. The van der Waals surface area contributed by atoms with Crippen molar-refractivity contribution in [3.63, 3.8) is 0 Å². The average molecular weight is 289 g/mol. The van der Waals surface area contributed by atoms with Crippen LogP contribution in [0.2, 0.25) is 5.15 Å². The molecule has 2 heterocycles. The number of ether oxygens (including phenoxy) is 1. The van der Waals surface area contributed by atoms with E-state index in [1.165, 1.54) is 6.20 Å². The second-order valence-corrected chi connectivity index (χ2v) is 4.96. The monoisotopic (exact) mass is 288 g/mol. The van der Waals surface area contributed by atoms with E-state index in [2.05, 4.69) is 10.3 Å². The van der Waals surface area contributed by atoms with Gasteiger partial charge in [0.25, 0.3) is 5.91 Å². The second kappa shape index (κ2) is 5.51. The molecular weight excluding hydrogens is 276 g/mol. The van der Waals surface area contributed by atoms with Gasteiger partial charge in [0.1, 0.15) is 10.9 Å². The molecule has 1 aliphatic heterocycles. The van der Waals surface area contributed by atoms with Gasteiger partial charge in [0, 0.05) is 23.7 Å². The Labute approximate surface area is 121 Å². The van der Waals surface area contributed by atoms with Crippen molar-refractivity contribution in [2.45, 2.75) is 12.5 Å². The molecule has 20 heavy (non-hydrogen) atoms. The normalized spacial score (nSPS) is 16.9. The van der Waals surface area contributed by atoms with E-state index in [-0.39, 0.29) is 11.9 Å². The van der Waals surface area contributed by atoms with Crippen LogP contribution in [-0.2, 0) is 0 Å². The number of nitrogens with zero attached hydrogens (tertiary/aromatic N) is 1. The molecule has 3 rings (SSSR count). The molecule has 1 atom stereocenters. The Bertz CT molecular complexity index is 645. The number of hydrogen-bond donors (Lipinski definition) is 1. The molecule has 1 aromatic carbocycles. The third-order valence-electron chi connectivity index (χ3n) is 3.25. The third kappa shape index (κ3) is 2.60. The molecule has 5 heteroatoms. The molecule has 4 nitrogen and oxygen atoms in total. The van der Waals surface area contributed by atoms with Gasteiger partial charge in [-0.25, -0.2) is 4.98 Å². The highest BCUT2D eigenvalue weighted by Crippen LogP contribution is 2.31. The lowest BCUT2D eigenvalue weighted by atomic mass is 10.0. The number of para-hydroxylation sites is 1. The highest BCUT2D eigenvalue weighted by molar-refractivity contribution is 6.29. The van der Waals surface area contributed by atoms with E-state index in [1.54, 1.807) is 12.1 Å². The fraction of sp³-hybridized carbons (Fsp3) is 0.200. The van der Waals surface area contributed by atoms with Crippen molar-refractivity contribution in [2.24, 2.45) is 0 Å². The van der Waals surface area contributed by atoms with E-state index in [0.717, 1.165) is 17.7 Å². The van der Waals surface area contributed by atoms with Crippen LogP contribution in [0.25, 0.3) is 0 Å². The van der Waals surface area contributed by atoms with Crippen molar-refractivity contribution < 1.29 is 9.53 Å². The number of halogens is 1. The van der Waals surface area contributed by atoms with Gasteiger partial charge in [-0.05, 0) is 18.2 Å². The van der Waals surface area contributed by atoms with Gasteiger partial charge < -0.3 is 10.1 Å². The highest BCUT2D eigenvalue weighted by atomic mass is 35.5. The number of pyridine rings is 1. The lowest BCUT2D eigenvalue weighted by Gasteiger charge is -2.26. The minimum atomic E-state index is -0.156. The maximum absolute atomic E-state index is 12.2. The first-order valence-corrected chi connectivity index (χ1v) is 6.76. The molecule has 0 unspecified atom stereocenters. The summed E-state index contributed by atoms with van der Waals surface area (Å²) in [5, 5.41) is 3.32. The first kappa shape index (κ1) is 12.9. The van der Waals surface area contributed by atoms with Crippen molar-refractivity contribution in [3.05, 3.63) is 58.9 Å². The van der Waals surface area contributed by atoms with Crippen molar-refractivity contribution in [1.82, 2.24) is 10.3 Å². The molecule has 0 saturated heterocycles. The Kier molecular flexibility index (Phi) is 3.56. The van der Waals surface area contributed by atoms with Crippen LogP contribution in [0.1, 0.15) is 28.4 Å². The lowest BCUT2D eigenvalue weighted by Crippen LogP contribution is -2.32. The summed E-state index contributed by atoms with van der Waals surface area (Å²) in [6.07, 6.45) is 2.27. The quantitative estimate of drug-likeness (QED) is 0.864. The van der Waals surface area contributed by atoms with Crippen LogP contribution in [-0.4, -0.2) is 17.5 Å². The van der Waals surface area contributed by atoms with Crippen molar-refractivity contribution in [3.8, 4) is 5.75 Å². The van der Waals surface area contributed by atoms with Gasteiger partial charge in [0.05, 0.1) is 12.6 Å². The zero-order valence-corrected chi connectivity index (χ0v) is 11.4. The largest absolute Gasteiger partial charge is 0.493 e. The van der Waals surface area contributed by atoms with Crippen molar-refractivity contribution in [1.29, 1.82) is 0 Å². The number of amides is 1. The first-order chi connectivity index (χ1) is 9.74. The van der Waals surface area contributed by atoms with E-state index in [9.17, 15) is 4.79 Å². The Balaban J connectivity index is 1.81. The molecule has 1 amide bonds. The topological polar surface area (TPSA) is 51.2 Å². The molecule has 0 saturated carbocycles. The predicted octanol–water partition coefficient (Wildman–Crippen LogP) is 2.99. The second-order valence-electron chi connectivity index (χ2n) is 4.57. The van der Waals surface area contributed by atoms with Crippen LogP contribution in [0.5, 0.6) is 5.75 Å². The Morgan fingerprint density at radius 2 is 2.20 bits per heavy atom. The van der Waals surface area contributed by atoms with E-state index < -0.39 is 0 Å². The molecule has 1 aromatic heterocycles. The maximum Gasteiger partial charge on any atom is 0.251 e. The number of benzene rings is 1. The summed E-state index contributed by atoms with van der Waals surface area (Å²) in [6.45, 7) is 0.596. The number of nitrogens with one attached hydrogen (secondary N) is 1. The van der Waals surface area contributed by atoms with Gasteiger partial charge in [0.15, 0.2) is 0 Å². The van der Waals surface area contributed by atoms with Gasteiger partial charge in [-0.15, -0.1) is 0 Å². The van der Waals surface area contributed by atoms with Crippen LogP contribution in [0.4, 0.5) is 0 Å². The highest BCUT2D eigenvalue weighted by Gasteiger charge is 2.23. The Hall–Kier alpha value is -2.07. The number of carbonyl (C=O) groups excluding carboxylic acids is 1. The molecule has 0 radical (unpaired) electrons. The summed E-state index contributed by atoms with van der Waals surface area (Å²) < 4.78 is 5.58. The summed E-state index contributed by atoms with van der Waals surface area (Å²) >= 11 is 5.80. The van der Waals surface area contributed by atoms with E-state index >= 15 is 0 Å². The minimum Gasteiger partial charge on any atom is -0.493 e. The Morgan fingerprint density at radius 3 is 3.05 bits per heavy atom. The van der Waals surface area contributed by atoms with Crippen LogP contribution < -0.4 is 10.1 Å². The average Bonchev–Trinajstić information content (AvgIpc) is 2.47. The fourth-order valence-electron chi connectivity index (χ4n) is 2.28. The van der Waals surface area contributed by atoms with E-state index in [0.29, 0.717) is 17.3 Å². The summed E-state index contributed by atoms with van der Waals surface area (Å²) in [5.41, 5.74) is 1.52. The zero-order valence-electron chi connectivity index (χ0n) is 10.7. The van der Waals surface area contributed by atoms with Crippen LogP contribution >= 0.6 is 11.6 Å². The molecule has 102 valence electrons. The van der Waals surface area contributed by atoms with Gasteiger partial charge in [-0.2, -0.15) is 0 Å². The van der Waals surface area contributed by atoms with E-state index in [4.69, 9.17) is 16.3 Å². The number of carbonyl (C=O) groups is 1. The van der Waals surface area contributed by atoms with Crippen molar-refractivity contribution in [2.75, 3.05) is 6.61 Å². The van der Waals surface area contributed by atoms with Crippen molar-refractivity contribution >= 4 is 17.5 Å². The molecule has 1 N–H and O–H groups in total.